The van der Waals surface area contributed by atoms with E-state index in [0.717, 1.165) is 29.2 Å². The third-order valence-electron chi connectivity index (χ3n) is 9.71. The summed E-state index contributed by atoms with van der Waals surface area (Å²) in [5.74, 6) is -0.661. The maximum absolute atomic E-state index is 12.3. The first kappa shape index (κ1) is 47.9. The number of halogens is 4. The zero-order valence-corrected chi connectivity index (χ0v) is 37.4. The fourth-order valence-electron chi connectivity index (χ4n) is 6.97. The van der Waals surface area contributed by atoms with Crippen LogP contribution in [-0.4, -0.2) is 92.9 Å². The molecule has 6 N–H and O–H groups in total. The molecule has 0 aromatic heterocycles. The van der Waals surface area contributed by atoms with E-state index in [1.54, 1.807) is 48.5 Å². The van der Waals surface area contributed by atoms with Crippen molar-refractivity contribution in [3.05, 3.63) is 115 Å². The van der Waals surface area contributed by atoms with Gasteiger partial charge in [-0.3, -0.25) is 14.4 Å². The summed E-state index contributed by atoms with van der Waals surface area (Å²) in [4.78, 5) is 36.2. The second-order valence-corrected chi connectivity index (χ2v) is 19.6. The Balaban J connectivity index is 1.57. The van der Waals surface area contributed by atoms with Crippen molar-refractivity contribution in [2.75, 3.05) is 58.6 Å². The van der Waals surface area contributed by atoms with Crippen molar-refractivity contribution in [2.24, 2.45) is 11.5 Å². The van der Waals surface area contributed by atoms with E-state index in [1.807, 2.05) is 24.3 Å². The summed E-state index contributed by atoms with van der Waals surface area (Å²) in [6, 6.07) is 21.0. The number of rotatable bonds is 22. The largest absolute Gasteiger partial charge is 0.489 e. The number of nitrogens with two attached hydrogens (primary N) is 2. The summed E-state index contributed by atoms with van der Waals surface area (Å²) >= 11 is 27.2. The van der Waals surface area contributed by atoms with Crippen molar-refractivity contribution in [3.63, 3.8) is 0 Å². The second kappa shape index (κ2) is 19.9. The van der Waals surface area contributed by atoms with Gasteiger partial charge in [0, 0.05) is 17.4 Å². The SMILES string of the molecule is CS(=O)(=O)NCC(=O)COc1ccc(C2(c3cc(Cl)c(OCCN)c(Cl)c3)CC(c3ccc(OCC(=O)CNS(C)(=O)=O)cc3)(c3cc(Cl)c(OCC(N)=O)c(Cl)c3)C2)cc1. The molecule has 4 aromatic rings. The van der Waals surface area contributed by atoms with Crippen LogP contribution < -0.4 is 39.9 Å². The van der Waals surface area contributed by atoms with Gasteiger partial charge in [0.05, 0.1) is 45.7 Å². The van der Waals surface area contributed by atoms with Crippen LogP contribution in [0.2, 0.25) is 20.1 Å². The van der Waals surface area contributed by atoms with Crippen molar-refractivity contribution in [3.8, 4) is 23.0 Å². The molecule has 0 bridgehead atoms. The lowest BCUT2D eigenvalue weighted by Gasteiger charge is -2.58. The first-order chi connectivity index (χ1) is 28.6. The fraction of sp³-hybridized carbons (Fsp3) is 0.325. The fourth-order valence-corrected chi connectivity index (χ4v) is 9.01. The molecule has 15 nitrogen and oxygen atoms in total. The number of carbonyl (C=O) groups is 3. The third kappa shape index (κ3) is 12.3. The number of hydrogen-bond donors (Lipinski definition) is 4. The van der Waals surface area contributed by atoms with Crippen molar-refractivity contribution >= 4 is 83.9 Å². The molecule has 328 valence electrons. The molecule has 1 aliphatic carbocycles. The zero-order valence-electron chi connectivity index (χ0n) is 32.8. The van der Waals surface area contributed by atoms with Gasteiger partial charge in [-0.25, -0.2) is 26.3 Å². The van der Waals surface area contributed by atoms with Gasteiger partial charge in [0.1, 0.15) is 31.3 Å². The molecule has 5 rings (SSSR count). The maximum Gasteiger partial charge on any atom is 0.255 e. The number of sulfonamides is 2. The molecule has 21 heteroatoms. The zero-order chi connectivity index (χ0) is 44.8. The average Bonchev–Trinajstić information content (AvgIpc) is 3.17. The third-order valence-corrected chi connectivity index (χ3v) is 12.2. The van der Waals surface area contributed by atoms with Crippen LogP contribution in [-0.2, 0) is 45.3 Å². The van der Waals surface area contributed by atoms with Gasteiger partial charge in [-0.05, 0) is 83.6 Å². The van der Waals surface area contributed by atoms with E-state index >= 15 is 0 Å². The Bertz CT molecular complexity index is 2460. The lowest BCUT2D eigenvalue weighted by Crippen LogP contribution is -2.54. The van der Waals surface area contributed by atoms with Gasteiger partial charge < -0.3 is 30.4 Å². The molecule has 0 spiro atoms. The number of ether oxygens (including phenoxy) is 4. The van der Waals surface area contributed by atoms with E-state index in [0.29, 0.717) is 29.9 Å². The van der Waals surface area contributed by atoms with Crippen molar-refractivity contribution in [1.29, 1.82) is 0 Å². The monoisotopic (exact) mass is 958 g/mol. The van der Waals surface area contributed by atoms with E-state index in [4.69, 9.17) is 76.8 Å². The Kier molecular flexibility index (Phi) is 15.6. The minimum absolute atomic E-state index is 0.0678. The predicted molar refractivity (Wildman–Crippen MR) is 233 cm³/mol. The molecular weight excluding hydrogens is 918 g/mol. The maximum atomic E-state index is 12.3. The van der Waals surface area contributed by atoms with Crippen LogP contribution in [0, 0.1) is 0 Å². The van der Waals surface area contributed by atoms with Crippen LogP contribution in [0.3, 0.4) is 0 Å². The van der Waals surface area contributed by atoms with Crippen LogP contribution in [0.25, 0.3) is 0 Å². The molecule has 0 unspecified atom stereocenters. The predicted octanol–water partition coefficient (Wildman–Crippen LogP) is 4.56. The van der Waals surface area contributed by atoms with Gasteiger partial charge in [0.15, 0.2) is 29.7 Å². The highest BCUT2D eigenvalue weighted by atomic mass is 35.5. The van der Waals surface area contributed by atoms with Crippen LogP contribution >= 0.6 is 46.4 Å². The molecule has 0 radical (unpaired) electrons. The van der Waals surface area contributed by atoms with Crippen LogP contribution in [0.5, 0.6) is 23.0 Å². The standard InChI is InChI=1S/C40H42Cl4N4O11S2/c1-60(52,53)47-17-28(49)19-57-30-7-3-24(4-8-30)39(26-13-32(41)37(33(42)14-26)56-12-11-45)22-40(23-39,27-15-34(43)38(35(44)16-27)59-21-36(46)51)25-5-9-31(10-6-25)58-20-29(50)18-48-61(2,54)55/h3-10,13-16,47-48H,11-12,17-23,45H2,1-2H3,(H2,46,51). The molecule has 1 amide bonds. The average molecular weight is 961 g/mol. The number of Topliss-reactive ketones (excluding diaryl/α,β-unsaturated/α-hetero) is 2. The molecule has 0 aliphatic heterocycles. The summed E-state index contributed by atoms with van der Waals surface area (Å²) in [5, 5.41) is 0.742. The summed E-state index contributed by atoms with van der Waals surface area (Å²) in [6.07, 6.45) is 2.61. The summed E-state index contributed by atoms with van der Waals surface area (Å²) < 4.78 is 72.7. The van der Waals surface area contributed by atoms with E-state index in [-0.39, 0.29) is 58.0 Å². The van der Waals surface area contributed by atoms with Crippen molar-refractivity contribution in [1.82, 2.24) is 9.44 Å². The minimum atomic E-state index is -3.57. The van der Waals surface area contributed by atoms with Crippen molar-refractivity contribution < 1.29 is 50.2 Å². The molecule has 1 saturated carbocycles. The van der Waals surface area contributed by atoms with Gasteiger partial charge in [0.2, 0.25) is 20.0 Å². The molecule has 1 aliphatic rings. The van der Waals surface area contributed by atoms with E-state index < -0.39 is 68.0 Å². The lowest BCUT2D eigenvalue weighted by atomic mass is 9.44. The summed E-state index contributed by atoms with van der Waals surface area (Å²) in [6.45, 7) is -1.66. The molecular formula is C40H42Cl4N4O11S2. The van der Waals surface area contributed by atoms with Crippen LogP contribution in [0.1, 0.15) is 35.1 Å². The van der Waals surface area contributed by atoms with E-state index in [1.165, 1.54) is 0 Å². The van der Waals surface area contributed by atoms with Crippen molar-refractivity contribution in [2.45, 2.75) is 23.7 Å². The Morgan fingerprint density at radius 3 is 1.28 bits per heavy atom. The first-order valence-electron chi connectivity index (χ1n) is 18.3. The van der Waals surface area contributed by atoms with Crippen LogP contribution in [0.4, 0.5) is 0 Å². The van der Waals surface area contributed by atoms with Gasteiger partial charge in [-0.15, -0.1) is 0 Å². The molecule has 1 fully saturated rings. The Morgan fingerprint density at radius 1 is 0.590 bits per heavy atom. The number of nitrogens with one attached hydrogen (secondary N) is 2. The Hall–Kier alpha value is -4.17. The second-order valence-electron chi connectivity index (χ2n) is 14.3. The quantitative estimate of drug-likeness (QED) is 0.0850. The number of ketones is 2. The number of amides is 1. The highest BCUT2D eigenvalue weighted by Crippen LogP contribution is 2.64. The Morgan fingerprint density at radius 2 is 0.951 bits per heavy atom. The highest BCUT2D eigenvalue weighted by molar-refractivity contribution is 7.89. The van der Waals surface area contributed by atoms with Gasteiger partial charge >= 0.3 is 0 Å². The number of primary amides is 1. The summed E-state index contributed by atoms with van der Waals surface area (Å²) in [5.41, 5.74) is 12.3. The highest BCUT2D eigenvalue weighted by Gasteiger charge is 2.58. The smallest absolute Gasteiger partial charge is 0.255 e. The molecule has 4 aromatic carbocycles. The lowest BCUT2D eigenvalue weighted by molar-refractivity contribution is -0.120. The molecule has 61 heavy (non-hydrogen) atoms. The molecule has 0 atom stereocenters. The molecule has 0 saturated heterocycles. The number of carbonyl (C=O) groups excluding carboxylic acids is 3. The van der Waals surface area contributed by atoms with Gasteiger partial charge in [-0.2, -0.15) is 0 Å². The normalized spacial score (nSPS) is 17.6. The number of benzene rings is 4. The topological polar surface area (TPSA) is 233 Å². The molecule has 0 heterocycles. The van der Waals surface area contributed by atoms with Gasteiger partial charge in [-0.1, -0.05) is 70.7 Å². The number of hydrogen-bond acceptors (Lipinski definition) is 12. The Labute approximate surface area is 373 Å². The first-order valence-corrected chi connectivity index (χ1v) is 23.6. The van der Waals surface area contributed by atoms with Crippen LogP contribution in [0.15, 0.2) is 72.8 Å². The minimum Gasteiger partial charge on any atom is -0.489 e. The van der Waals surface area contributed by atoms with E-state index in [9.17, 15) is 31.2 Å². The van der Waals surface area contributed by atoms with Gasteiger partial charge in [0.25, 0.3) is 5.91 Å². The summed E-state index contributed by atoms with van der Waals surface area (Å²) in [7, 11) is -7.15. The van der Waals surface area contributed by atoms with E-state index in [2.05, 4.69) is 9.44 Å².